The predicted octanol–water partition coefficient (Wildman–Crippen LogP) is 2.64. The Labute approximate surface area is 91.4 Å². The summed E-state index contributed by atoms with van der Waals surface area (Å²) in [5.74, 6) is -1.75. The fraction of sp³-hybridized carbons (Fsp3) is 0.300. The first-order valence-corrected chi connectivity index (χ1v) is 4.72. The van der Waals surface area contributed by atoms with E-state index in [4.69, 9.17) is 21.4 Å². The Hall–Kier alpha value is -1.13. The van der Waals surface area contributed by atoms with Crippen molar-refractivity contribution >= 4 is 17.6 Å². The van der Waals surface area contributed by atoms with Gasteiger partial charge in [0.25, 0.3) is 0 Å². The van der Waals surface area contributed by atoms with Gasteiger partial charge in [-0.15, -0.1) is 0 Å². The molecule has 3 nitrogen and oxygen atoms in total. The molecule has 0 spiro atoms. The minimum absolute atomic E-state index is 0.149. The Morgan fingerprint density at radius 1 is 1.60 bits per heavy atom. The van der Waals surface area contributed by atoms with Crippen molar-refractivity contribution in [3.05, 3.63) is 34.6 Å². The molecule has 0 radical (unpaired) electrons. The van der Waals surface area contributed by atoms with Gasteiger partial charge in [-0.25, -0.2) is 9.18 Å². The summed E-state index contributed by atoms with van der Waals surface area (Å²) in [4.78, 5) is 10.8. The number of rotatable bonds is 4. The quantitative estimate of drug-likeness (QED) is 0.868. The maximum absolute atomic E-state index is 13.0. The zero-order valence-electron chi connectivity index (χ0n) is 8.04. The van der Waals surface area contributed by atoms with Gasteiger partial charge in [0.1, 0.15) is 5.82 Å². The molecule has 15 heavy (non-hydrogen) atoms. The largest absolute Gasteiger partial charge is 0.479 e. The molecule has 0 heterocycles. The normalized spacial score (nSPS) is 12.5. The van der Waals surface area contributed by atoms with E-state index in [-0.39, 0.29) is 17.2 Å². The molecule has 1 rings (SSSR count). The Balaban J connectivity index is 3.05. The Bertz CT molecular complexity index is 347. The Morgan fingerprint density at radius 3 is 2.73 bits per heavy atom. The lowest BCUT2D eigenvalue weighted by molar-refractivity contribution is -0.150. The number of aliphatic carboxylic acids is 1. The van der Waals surface area contributed by atoms with Gasteiger partial charge in [-0.3, -0.25) is 0 Å². The van der Waals surface area contributed by atoms with Crippen molar-refractivity contribution in [2.75, 3.05) is 6.61 Å². The third kappa shape index (κ3) is 3.18. The van der Waals surface area contributed by atoms with Crippen LogP contribution in [-0.4, -0.2) is 17.7 Å². The minimum atomic E-state index is -1.18. The molecule has 0 amide bonds. The molecule has 0 aliphatic heterocycles. The molecule has 0 aliphatic rings. The molecule has 0 aromatic heterocycles. The second-order valence-electron chi connectivity index (χ2n) is 2.88. The van der Waals surface area contributed by atoms with Gasteiger partial charge in [0.2, 0.25) is 0 Å². The topological polar surface area (TPSA) is 46.5 Å². The average Bonchev–Trinajstić information content (AvgIpc) is 2.11. The highest BCUT2D eigenvalue weighted by atomic mass is 35.5. The van der Waals surface area contributed by atoms with E-state index in [1.54, 1.807) is 6.92 Å². The molecule has 82 valence electrons. The zero-order valence-corrected chi connectivity index (χ0v) is 8.79. The molecule has 1 N–H and O–H groups in total. The van der Waals surface area contributed by atoms with Crippen LogP contribution < -0.4 is 0 Å². The van der Waals surface area contributed by atoms with Crippen LogP contribution in [0.5, 0.6) is 0 Å². The summed E-state index contributed by atoms with van der Waals surface area (Å²) < 4.78 is 17.9. The fourth-order valence-corrected chi connectivity index (χ4v) is 1.43. The van der Waals surface area contributed by atoms with Gasteiger partial charge in [0.15, 0.2) is 6.10 Å². The summed E-state index contributed by atoms with van der Waals surface area (Å²) >= 11 is 5.61. The summed E-state index contributed by atoms with van der Waals surface area (Å²) in [6.07, 6.45) is -1.18. The lowest BCUT2D eigenvalue weighted by atomic mass is 10.1. The molecule has 1 aromatic carbocycles. The summed E-state index contributed by atoms with van der Waals surface area (Å²) in [6.45, 7) is 1.89. The number of halogens is 2. The van der Waals surface area contributed by atoms with E-state index in [1.807, 2.05) is 0 Å². The lowest BCUT2D eigenvalue weighted by Gasteiger charge is -2.12. The zero-order chi connectivity index (χ0) is 11.4. The monoisotopic (exact) mass is 232 g/mol. The Morgan fingerprint density at radius 2 is 2.27 bits per heavy atom. The molecular weight excluding hydrogens is 223 g/mol. The smallest absolute Gasteiger partial charge is 0.337 e. The Kier molecular flexibility index (Phi) is 4.05. The second-order valence-corrected chi connectivity index (χ2v) is 3.31. The average molecular weight is 233 g/mol. The first-order chi connectivity index (χ1) is 7.04. The molecular formula is C10H10ClFO3. The van der Waals surface area contributed by atoms with Crippen LogP contribution in [0, 0.1) is 5.82 Å². The van der Waals surface area contributed by atoms with Crippen molar-refractivity contribution in [2.24, 2.45) is 0 Å². The molecule has 0 fully saturated rings. The van der Waals surface area contributed by atoms with Gasteiger partial charge >= 0.3 is 5.97 Å². The maximum atomic E-state index is 13.0. The number of hydrogen-bond donors (Lipinski definition) is 1. The van der Waals surface area contributed by atoms with Gasteiger partial charge in [-0.05, 0) is 30.7 Å². The highest BCUT2D eigenvalue weighted by Gasteiger charge is 2.20. The van der Waals surface area contributed by atoms with Crippen molar-refractivity contribution in [2.45, 2.75) is 13.0 Å². The number of ether oxygens (including phenoxy) is 1. The van der Waals surface area contributed by atoms with Crippen molar-refractivity contribution in [1.82, 2.24) is 0 Å². The number of hydrogen-bond acceptors (Lipinski definition) is 2. The predicted molar refractivity (Wildman–Crippen MR) is 53.4 cm³/mol. The van der Waals surface area contributed by atoms with E-state index in [2.05, 4.69) is 0 Å². The maximum Gasteiger partial charge on any atom is 0.337 e. The first-order valence-electron chi connectivity index (χ1n) is 4.35. The van der Waals surface area contributed by atoms with Gasteiger partial charge < -0.3 is 9.84 Å². The van der Waals surface area contributed by atoms with E-state index >= 15 is 0 Å². The van der Waals surface area contributed by atoms with Crippen molar-refractivity contribution in [3.8, 4) is 0 Å². The molecule has 0 saturated heterocycles. The summed E-state index contributed by atoms with van der Waals surface area (Å²) in [6, 6.07) is 3.58. The first kappa shape index (κ1) is 11.9. The van der Waals surface area contributed by atoms with E-state index < -0.39 is 17.9 Å². The molecule has 1 atom stereocenters. The molecule has 0 bridgehead atoms. The number of carboxylic acids is 1. The van der Waals surface area contributed by atoms with Crippen LogP contribution in [0.1, 0.15) is 18.6 Å². The highest BCUT2D eigenvalue weighted by Crippen LogP contribution is 2.22. The van der Waals surface area contributed by atoms with Gasteiger partial charge in [0, 0.05) is 11.6 Å². The molecule has 0 aliphatic carbocycles. The fourth-order valence-electron chi connectivity index (χ4n) is 1.20. The van der Waals surface area contributed by atoms with Crippen LogP contribution in [0.15, 0.2) is 18.2 Å². The standard InChI is InChI=1S/C10H10ClFO3/c1-2-15-9(10(13)14)6-3-7(11)5-8(12)4-6/h3-5,9H,2H2,1H3,(H,13,14). The van der Waals surface area contributed by atoms with Gasteiger partial charge in [0.05, 0.1) is 0 Å². The van der Waals surface area contributed by atoms with Crippen LogP contribution in [-0.2, 0) is 9.53 Å². The van der Waals surface area contributed by atoms with Crippen LogP contribution in [0.25, 0.3) is 0 Å². The van der Waals surface area contributed by atoms with Gasteiger partial charge in [-0.1, -0.05) is 11.6 Å². The molecule has 5 heteroatoms. The number of carboxylic acid groups (broad SMARTS) is 1. The summed E-state index contributed by atoms with van der Waals surface area (Å²) in [7, 11) is 0. The third-order valence-electron chi connectivity index (χ3n) is 1.75. The van der Waals surface area contributed by atoms with E-state index in [1.165, 1.54) is 6.07 Å². The SMILES string of the molecule is CCOC(C(=O)O)c1cc(F)cc(Cl)c1. The summed E-state index contributed by atoms with van der Waals surface area (Å²) in [5, 5.41) is 9.00. The molecule has 1 aromatic rings. The minimum Gasteiger partial charge on any atom is -0.479 e. The summed E-state index contributed by atoms with van der Waals surface area (Å²) in [5.41, 5.74) is 0.203. The van der Waals surface area contributed by atoms with E-state index in [9.17, 15) is 9.18 Å². The third-order valence-corrected chi connectivity index (χ3v) is 1.96. The number of benzene rings is 1. The van der Waals surface area contributed by atoms with Crippen molar-refractivity contribution < 1.29 is 19.0 Å². The lowest BCUT2D eigenvalue weighted by Crippen LogP contribution is -2.15. The van der Waals surface area contributed by atoms with Crippen LogP contribution >= 0.6 is 11.6 Å². The molecule has 1 unspecified atom stereocenters. The van der Waals surface area contributed by atoms with Crippen molar-refractivity contribution in [3.63, 3.8) is 0 Å². The van der Waals surface area contributed by atoms with E-state index in [0.29, 0.717) is 0 Å². The van der Waals surface area contributed by atoms with E-state index in [0.717, 1.165) is 12.1 Å². The molecule has 0 saturated carbocycles. The van der Waals surface area contributed by atoms with Crippen LogP contribution in [0.3, 0.4) is 0 Å². The van der Waals surface area contributed by atoms with Gasteiger partial charge in [-0.2, -0.15) is 0 Å². The highest BCUT2D eigenvalue weighted by molar-refractivity contribution is 6.30. The van der Waals surface area contributed by atoms with Crippen LogP contribution in [0.2, 0.25) is 5.02 Å². The number of carbonyl (C=O) groups is 1. The second kappa shape index (κ2) is 5.09. The van der Waals surface area contributed by atoms with Crippen molar-refractivity contribution in [1.29, 1.82) is 0 Å². The van der Waals surface area contributed by atoms with Crippen LogP contribution in [0.4, 0.5) is 4.39 Å².